The van der Waals surface area contributed by atoms with E-state index in [1.165, 1.54) is 11.1 Å². The van der Waals surface area contributed by atoms with Crippen molar-refractivity contribution in [2.75, 3.05) is 26.4 Å². The van der Waals surface area contributed by atoms with E-state index in [4.69, 9.17) is 10.5 Å². The van der Waals surface area contributed by atoms with E-state index in [1.807, 2.05) is 24.3 Å². The maximum absolute atomic E-state index is 5.72. The van der Waals surface area contributed by atoms with Crippen LogP contribution in [0, 0.1) is 5.92 Å². The molecule has 1 atom stereocenters. The Bertz CT molecular complexity index is 583. The molecule has 0 spiro atoms. The van der Waals surface area contributed by atoms with Crippen LogP contribution in [0.5, 0.6) is 5.75 Å². The molecule has 1 aromatic carbocycles. The van der Waals surface area contributed by atoms with Gasteiger partial charge in [0.1, 0.15) is 11.6 Å². The summed E-state index contributed by atoms with van der Waals surface area (Å²) in [4.78, 5) is 6.35. The Balaban J connectivity index is 1.83. The molecule has 0 amide bonds. The van der Waals surface area contributed by atoms with Gasteiger partial charge in [0.05, 0.1) is 7.11 Å². The quantitative estimate of drug-likeness (QED) is 0.854. The van der Waals surface area contributed by atoms with E-state index in [0.29, 0.717) is 11.7 Å². The SMILES string of the molecule is COc1ccc(CC(C)CN(C)Cc2ccnc(N)c2)cc1. The molecule has 2 N–H and O–H groups in total. The number of pyridine rings is 1. The minimum Gasteiger partial charge on any atom is -0.497 e. The van der Waals surface area contributed by atoms with E-state index in [0.717, 1.165) is 25.3 Å². The fourth-order valence-electron chi connectivity index (χ4n) is 2.73. The first-order valence-corrected chi connectivity index (χ1v) is 7.58. The topological polar surface area (TPSA) is 51.4 Å². The van der Waals surface area contributed by atoms with Crippen LogP contribution in [-0.2, 0) is 13.0 Å². The second kappa shape index (κ2) is 7.80. The zero-order chi connectivity index (χ0) is 15.9. The van der Waals surface area contributed by atoms with Crippen molar-refractivity contribution in [2.24, 2.45) is 5.92 Å². The Hall–Kier alpha value is -2.07. The summed E-state index contributed by atoms with van der Waals surface area (Å²) < 4.78 is 5.19. The normalized spacial score (nSPS) is 12.4. The number of benzene rings is 1. The highest BCUT2D eigenvalue weighted by atomic mass is 16.5. The number of nitrogens with two attached hydrogens (primary N) is 1. The molecule has 118 valence electrons. The van der Waals surface area contributed by atoms with Gasteiger partial charge >= 0.3 is 0 Å². The average Bonchev–Trinajstić information content (AvgIpc) is 2.47. The van der Waals surface area contributed by atoms with Gasteiger partial charge in [0.2, 0.25) is 0 Å². The maximum Gasteiger partial charge on any atom is 0.123 e. The van der Waals surface area contributed by atoms with Gasteiger partial charge in [-0.25, -0.2) is 4.98 Å². The van der Waals surface area contributed by atoms with Gasteiger partial charge in [-0.3, -0.25) is 0 Å². The zero-order valence-corrected chi connectivity index (χ0v) is 13.6. The van der Waals surface area contributed by atoms with Gasteiger partial charge in [0.15, 0.2) is 0 Å². The lowest BCUT2D eigenvalue weighted by atomic mass is 10.0. The second-order valence-corrected chi connectivity index (χ2v) is 5.94. The van der Waals surface area contributed by atoms with Crippen LogP contribution in [0.1, 0.15) is 18.1 Å². The minimum atomic E-state index is 0.581. The Kier molecular flexibility index (Phi) is 5.78. The lowest BCUT2D eigenvalue weighted by molar-refractivity contribution is 0.278. The van der Waals surface area contributed by atoms with E-state index in [9.17, 15) is 0 Å². The molecule has 4 nitrogen and oxygen atoms in total. The number of nitrogens with zero attached hydrogens (tertiary/aromatic N) is 2. The molecule has 0 saturated carbocycles. The van der Waals surface area contributed by atoms with Gasteiger partial charge in [0, 0.05) is 19.3 Å². The molecule has 1 heterocycles. The smallest absolute Gasteiger partial charge is 0.123 e. The fourth-order valence-corrected chi connectivity index (χ4v) is 2.73. The second-order valence-electron chi connectivity index (χ2n) is 5.94. The predicted octanol–water partition coefficient (Wildman–Crippen LogP) is 2.98. The van der Waals surface area contributed by atoms with Gasteiger partial charge in [-0.15, -0.1) is 0 Å². The summed E-state index contributed by atoms with van der Waals surface area (Å²) >= 11 is 0. The van der Waals surface area contributed by atoms with Gasteiger partial charge < -0.3 is 15.4 Å². The summed E-state index contributed by atoms with van der Waals surface area (Å²) in [5.74, 6) is 2.07. The van der Waals surface area contributed by atoms with Crippen molar-refractivity contribution in [3.63, 3.8) is 0 Å². The number of ether oxygens (including phenoxy) is 1. The predicted molar refractivity (Wildman–Crippen MR) is 90.8 cm³/mol. The van der Waals surface area contributed by atoms with Crippen molar-refractivity contribution in [2.45, 2.75) is 19.9 Å². The van der Waals surface area contributed by atoms with Gasteiger partial charge in [-0.2, -0.15) is 0 Å². The maximum atomic E-state index is 5.72. The fraction of sp³-hybridized carbons (Fsp3) is 0.389. The van der Waals surface area contributed by atoms with Crippen LogP contribution in [0.3, 0.4) is 0 Å². The third-order valence-electron chi connectivity index (χ3n) is 3.66. The highest BCUT2D eigenvalue weighted by molar-refractivity contribution is 5.31. The van der Waals surface area contributed by atoms with E-state index in [1.54, 1.807) is 13.3 Å². The number of anilines is 1. The largest absolute Gasteiger partial charge is 0.497 e. The first kappa shape index (κ1) is 16.3. The lowest BCUT2D eigenvalue weighted by Gasteiger charge is -2.21. The van der Waals surface area contributed by atoms with Crippen LogP contribution in [0.4, 0.5) is 5.82 Å². The molecule has 0 aliphatic rings. The van der Waals surface area contributed by atoms with Crippen molar-refractivity contribution < 1.29 is 4.74 Å². The third-order valence-corrected chi connectivity index (χ3v) is 3.66. The van der Waals surface area contributed by atoms with Crippen molar-refractivity contribution in [3.8, 4) is 5.75 Å². The summed E-state index contributed by atoms with van der Waals surface area (Å²) in [7, 11) is 3.83. The summed E-state index contributed by atoms with van der Waals surface area (Å²) in [5.41, 5.74) is 8.26. The van der Waals surface area contributed by atoms with E-state index >= 15 is 0 Å². The molecule has 22 heavy (non-hydrogen) atoms. The molecule has 0 radical (unpaired) electrons. The number of nitrogen functional groups attached to an aromatic ring is 1. The number of hydrogen-bond donors (Lipinski definition) is 1. The molecule has 2 rings (SSSR count). The van der Waals surface area contributed by atoms with E-state index < -0.39 is 0 Å². The number of methoxy groups -OCH3 is 1. The van der Waals surface area contributed by atoms with Gasteiger partial charge in [0.25, 0.3) is 0 Å². The Morgan fingerprint density at radius 2 is 1.91 bits per heavy atom. The zero-order valence-electron chi connectivity index (χ0n) is 13.6. The molecular weight excluding hydrogens is 274 g/mol. The van der Waals surface area contributed by atoms with Crippen LogP contribution >= 0.6 is 0 Å². The van der Waals surface area contributed by atoms with Crippen LogP contribution in [0.25, 0.3) is 0 Å². The molecule has 0 aliphatic heterocycles. The van der Waals surface area contributed by atoms with Crippen LogP contribution < -0.4 is 10.5 Å². The first-order chi connectivity index (χ1) is 10.6. The third kappa shape index (κ3) is 5.04. The van der Waals surface area contributed by atoms with Crippen LogP contribution in [0.15, 0.2) is 42.6 Å². The van der Waals surface area contributed by atoms with Crippen molar-refractivity contribution in [3.05, 3.63) is 53.7 Å². The average molecular weight is 299 g/mol. The number of aromatic nitrogens is 1. The molecular formula is C18H25N3O. The Labute approximate surface area is 132 Å². The van der Waals surface area contributed by atoms with Crippen LogP contribution in [-0.4, -0.2) is 30.6 Å². The van der Waals surface area contributed by atoms with Crippen molar-refractivity contribution in [1.82, 2.24) is 9.88 Å². The molecule has 0 bridgehead atoms. The molecule has 4 heteroatoms. The minimum absolute atomic E-state index is 0.581. The highest BCUT2D eigenvalue weighted by Crippen LogP contribution is 2.16. The number of rotatable bonds is 7. The summed E-state index contributed by atoms with van der Waals surface area (Å²) in [6.45, 7) is 4.20. The highest BCUT2D eigenvalue weighted by Gasteiger charge is 2.09. The summed E-state index contributed by atoms with van der Waals surface area (Å²) in [6.07, 6.45) is 2.83. The lowest BCUT2D eigenvalue weighted by Crippen LogP contribution is -2.25. The Morgan fingerprint density at radius 1 is 1.18 bits per heavy atom. The molecule has 0 fully saturated rings. The molecule has 0 aliphatic carbocycles. The number of hydrogen-bond acceptors (Lipinski definition) is 4. The van der Waals surface area contributed by atoms with Crippen molar-refractivity contribution in [1.29, 1.82) is 0 Å². The molecule has 0 saturated heterocycles. The van der Waals surface area contributed by atoms with Crippen molar-refractivity contribution >= 4 is 5.82 Å². The standard InChI is InChI=1S/C18H25N3O/c1-14(10-15-4-6-17(22-3)7-5-15)12-21(2)13-16-8-9-20-18(19)11-16/h4-9,11,14H,10,12-13H2,1-3H3,(H2,19,20). The van der Waals surface area contributed by atoms with E-state index in [2.05, 4.69) is 36.0 Å². The van der Waals surface area contributed by atoms with Gasteiger partial charge in [-0.1, -0.05) is 19.1 Å². The molecule has 1 unspecified atom stereocenters. The molecule has 1 aromatic heterocycles. The van der Waals surface area contributed by atoms with Crippen LogP contribution in [0.2, 0.25) is 0 Å². The van der Waals surface area contributed by atoms with Gasteiger partial charge in [-0.05, 0) is 54.8 Å². The van der Waals surface area contributed by atoms with E-state index in [-0.39, 0.29) is 0 Å². The first-order valence-electron chi connectivity index (χ1n) is 7.58. The summed E-state index contributed by atoms with van der Waals surface area (Å²) in [5, 5.41) is 0. The Morgan fingerprint density at radius 3 is 2.55 bits per heavy atom. The monoisotopic (exact) mass is 299 g/mol. The molecule has 2 aromatic rings. The summed E-state index contributed by atoms with van der Waals surface area (Å²) in [6, 6.07) is 12.3.